The first-order chi connectivity index (χ1) is 9.47. The number of aromatic hydroxyl groups is 1. The molecule has 0 saturated heterocycles. The average molecular weight is 291 g/mol. The van der Waals surface area contributed by atoms with Gasteiger partial charge in [0, 0.05) is 11.1 Å². The van der Waals surface area contributed by atoms with Gasteiger partial charge in [-0.05, 0) is 30.7 Å². The molecule has 102 valence electrons. The number of hydrogen-bond acceptors (Lipinski definition) is 4. The zero-order valence-corrected chi connectivity index (χ0v) is 11.3. The predicted octanol–water partition coefficient (Wildman–Crippen LogP) is 3.20. The summed E-state index contributed by atoms with van der Waals surface area (Å²) >= 11 is 5.75. The molecule has 0 unspecified atom stereocenters. The van der Waals surface area contributed by atoms with Crippen molar-refractivity contribution in [3.8, 4) is 5.75 Å². The smallest absolute Gasteiger partial charge is 0.351 e. The van der Waals surface area contributed by atoms with Gasteiger partial charge >= 0.3 is 5.63 Å². The SMILES string of the molecule is Cc1cc(O)c(C(=O)/C=C\c2ccc(Cl)cc2)c(=O)o1. The Balaban J connectivity index is 2.29. The minimum atomic E-state index is -0.853. The minimum absolute atomic E-state index is 0.241. The van der Waals surface area contributed by atoms with Crippen LogP contribution in [-0.2, 0) is 0 Å². The van der Waals surface area contributed by atoms with Crippen LogP contribution in [0.5, 0.6) is 5.75 Å². The molecule has 0 saturated carbocycles. The third-order valence-corrected chi connectivity index (χ3v) is 2.85. The number of rotatable bonds is 3. The van der Waals surface area contributed by atoms with E-state index in [1.54, 1.807) is 24.3 Å². The molecule has 4 nitrogen and oxygen atoms in total. The molecule has 2 aromatic rings. The normalized spacial score (nSPS) is 10.9. The van der Waals surface area contributed by atoms with Crippen LogP contribution in [0, 0.1) is 6.92 Å². The molecule has 5 heteroatoms. The van der Waals surface area contributed by atoms with E-state index in [1.165, 1.54) is 25.1 Å². The predicted molar refractivity (Wildman–Crippen MR) is 76.2 cm³/mol. The summed E-state index contributed by atoms with van der Waals surface area (Å²) < 4.78 is 4.79. The fourth-order valence-corrected chi connectivity index (χ4v) is 1.78. The zero-order chi connectivity index (χ0) is 14.7. The van der Waals surface area contributed by atoms with Gasteiger partial charge in [-0.1, -0.05) is 29.8 Å². The van der Waals surface area contributed by atoms with Crippen molar-refractivity contribution in [1.82, 2.24) is 0 Å². The lowest BCUT2D eigenvalue weighted by molar-refractivity contribution is 0.104. The van der Waals surface area contributed by atoms with Gasteiger partial charge in [0.15, 0.2) is 5.78 Å². The van der Waals surface area contributed by atoms with Gasteiger partial charge in [0.25, 0.3) is 0 Å². The maximum absolute atomic E-state index is 11.9. The molecular weight excluding hydrogens is 280 g/mol. The van der Waals surface area contributed by atoms with E-state index in [9.17, 15) is 14.7 Å². The lowest BCUT2D eigenvalue weighted by atomic mass is 10.1. The summed E-state index contributed by atoms with van der Waals surface area (Å²) in [5, 5.41) is 10.2. The van der Waals surface area contributed by atoms with Gasteiger partial charge in [0.2, 0.25) is 0 Å². The number of benzene rings is 1. The Hall–Kier alpha value is -2.33. The van der Waals surface area contributed by atoms with Crippen molar-refractivity contribution in [2.75, 3.05) is 0 Å². The van der Waals surface area contributed by atoms with Crippen molar-refractivity contribution < 1.29 is 14.3 Å². The molecule has 0 atom stereocenters. The number of ketones is 1. The lowest BCUT2D eigenvalue weighted by Gasteiger charge is -2.00. The van der Waals surface area contributed by atoms with Crippen LogP contribution in [0.3, 0.4) is 0 Å². The molecule has 1 aromatic carbocycles. The summed E-state index contributed by atoms with van der Waals surface area (Å²) in [6, 6.07) is 8.05. The van der Waals surface area contributed by atoms with E-state index in [1.807, 2.05) is 0 Å². The average Bonchev–Trinajstić information content (AvgIpc) is 2.37. The topological polar surface area (TPSA) is 67.5 Å². The van der Waals surface area contributed by atoms with Gasteiger partial charge in [-0.25, -0.2) is 4.79 Å². The molecule has 0 aliphatic rings. The van der Waals surface area contributed by atoms with Gasteiger partial charge in [-0.2, -0.15) is 0 Å². The molecule has 1 heterocycles. The molecular formula is C15H11ClO4. The number of carbonyl (C=O) groups excluding carboxylic acids is 1. The van der Waals surface area contributed by atoms with Crippen LogP contribution in [0.2, 0.25) is 5.02 Å². The second kappa shape index (κ2) is 5.75. The number of halogens is 1. The van der Waals surface area contributed by atoms with E-state index in [2.05, 4.69) is 0 Å². The van der Waals surface area contributed by atoms with Crippen LogP contribution >= 0.6 is 11.6 Å². The molecule has 1 N–H and O–H groups in total. The first-order valence-electron chi connectivity index (χ1n) is 5.79. The van der Waals surface area contributed by atoms with Crippen LogP contribution in [0.4, 0.5) is 0 Å². The Bertz CT molecular complexity index is 727. The molecule has 0 spiro atoms. The fraction of sp³-hybridized carbons (Fsp3) is 0.0667. The molecule has 1 aromatic heterocycles. The van der Waals surface area contributed by atoms with Crippen molar-refractivity contribution >= 4 is 23.5 Å². The first-order valence-corrected chi connectivity index (χ1v) is 6.17. The Kier molecular flexibility index (Phi) is 4.05. The van der Waals surface area contributed by atoms with Crippen molar-refractivity contribution in [2.45, 2.75) is 6.92 Å². The molecule has 0 fully saturated rings. The van der Waals surface area contributed by atoms with E-state index < -0.39 is 11.4 Å². The Morgan fingerprint density at radius 1 is 1.30 bits per heavy atom. The Morgan fingerprint density at radius 2 is 1.95 bits per heavy atom. The van der Waals surface area contributed by atoms with Crippen molar-refractivity contribution in [1.29, 1.82) is 0 Å². The van der Waals surface area contributed by atoms with E-state index in [0.717, 1.165) is 5.56 Å². The highest BCUT2D eigenvalue weighted by molar-refractivity contribution is 6.30. The summed E-state index contributed by atoms with van der Waals surface area (Å²) in [7, 11) is 0. The Morgan fingerprint density at radius 3 is 2.55 bits per heavy atom. The third kappa shape index (κ3) is 3.16. The minimum Gasteiger partial charge on any atom is -0.507 e. The second-order valence-corrected chi connectivity index (χ2v) is 4.59. The van der Waals surface area contributed by atoms with Crippen molar-refractivity contribution in [3.05, 3.63) is 68.7 Å². The Labute approximate surface area is 119 Å². The van der Waals surface area contributed by atoms with Crippen LogP contribution < -0.4 is 5.63 Å². The lowest BCUT2D eigenvalue weighted by Crippen LogP contribution is -2.12. The van der Waals surface area contributed by atoms with E-state index in [0.29, 0.717) is 5.02 Å². The molecule has 0 radical (unpaired) electrons. The first kappa shape index (κ1) is 14.1. The second-order valence-electron chi connectivity index (χ2n) is 4.15. The van der Waals surface area contributed by atoms with Crippen molar-refractivity contribution in [3.63, 3.8) is 0 Å². The summed E-state index contributed by atoms with van der Waals surface area (Å²) in [5.74, 6) is -0.763. The monoisotopic (exact) mass is 290 g/mol. The fourth-order valence-electron chi connectivity index (χ4n) is 1.65. The summed E-state index contributed by atoms with van der Waals surface area (Å²) in [6.07, 6.45) is 2.72. The van der Waals surface area contributed by atoms with Gasteiger partial charge in [-0.3, -0.25) is 4.79 Å². The molecule has 0 amide bonds. The highest BCUT2D eigenvalue weighted by Gasteiger charge is 2.15. The van der Waals surface area contributed by atoms with Gasteiger partial charge < -0.3 is 9.52 Å². The number of carbonyl (C=O) groups is 1. The zero-order valence-electron chi connectivity index (χ0n) is 10.6. The molecule has 2 rings (SSSR count). The maximum Gasteiger partial charge on any atom is 0.351 e. The van der Waals surface area contributed by atoms with Crippen LogP contribution in [0.25, 0.3) is 6.08 Å². The molecule has 0 bridgehead atoms. The standard InChI is InChI=1S/C15H11ClO4/c1-9-8-13(18)14(15(19)20-9)12(17)7-4-10-2-5-11(16)6-3-10/h2-8,18H,1H3/b7-4-. The van der Waals surface area contributed by atoms with E-state index >= 15 is 0 Å². The summed E-state index contributed by atoms with van der Waals surface area (Å²) in [4.78, 5) is 23.5. The number of aryl methyl sites for hydroxylation is 1. The third-order valence-electron chi connectivity index (χ3n) is 2.60. The summed E-state index contributed by atoms with van der Waals surface area (Å²) in [5.41, 5.74) is -0.479. The van der Waals surface area contributed by atoms with Crippen LogP contribution in [-0.4, -0.2) is 10.9 Å². The van der Waals surface area contributed by atoms with E-state index in [-0.39, 0.29) is 17.1 Å². The highest BCUT2D eigenvalue weighted by Crippen LogP contribution is 2.16. The molecule has 0 aliphatic carbocycles. The van der Waals surface area contributed by atoms with E-state index in [4.69, 9.17) is 16.0 Å². The highest BCUT2D eigenvalue weighted by atomic mass is 35.5. The maximum atomic E-state index is 11.9. The number of allylic oxidation sites excluding steroid dienone is 1. The molecule has 20 heavy (non-hydrogen) atoms. The van der Waals surface area contributed by atoms with Gasteiger partial charge in [0.1, 0.15) is 17.1 Å². The van der Waals surface area contributed by atoms with Crippen LogP contribution in [0.15, 0.2) is 45.6 Å². The largest absolute Gasteiger partial charge is 0.507 e. The number of hydrogen-bond donors (Lipinski definition) is 1. The quantitative estimate of drug-likeness (QED) is 0.696. The van der Waals surface area contributed by atoms with Gasteiger partial charge in [0.05, 0.1) is 0 Å². The summed E-state index contributed by atoms with van der Waals surface area (Å²) in [6.45, 7) is 1.51. The van der Waals surface area contributed by atoms with Crippen LogP contribution in [0.1, 0.15) is 21.7 Å². The van der Waals surface area contributed by atoms with Crippen molar-refractivity contribution in [2.24, 2.45) is 0 Å². The van der Waals surface area contributed by atoms with Gasteiger partial charge in [-0.15, -0.1) is 0 Å². The molecule has 0 aliphatic heterocycles.